The Morgan fingerprint density at radius 2 is 1.65 bits per heavy atom. The molecule has 1 aromatic rings. The van der Waals surface area contributed by atoms with E-state index in [2.05, 4.69) is 41.5 Å². The van der Waals surface area contributed by atoms with Crippen LogP contribution in [-0.2, 0) is 15.6 Å². The van der Waals surface area contributed by atoms with Crippen molar-refractivity contribution in [2.45, 2.75) is 58.4 Å². The van der Waals surface area contributed by atoms with E-state index in [4.69, 9.17) is 0 Å². The van der Waals surface area contributed by atoms with E-state index in [1.807, 2.05) is 23.6 Å². The van der Waals surface area contributed by atoms with E-state index < -0.39 is 6.04 Å². The van der Waals surface area contributed by atoms with E-state index in [9.17, 15) is 15.0 Å². The Labute approximate surface area is 160 Å². The van der Waals surface area contributed by atoms with E-state index in [1.165, 1.54) is 11.8 Å². The van der Waals surface area contributed by atoms with Crippen LogP contribution in [0.4, 0.5) is 0 Å². The number of aromatic hydroxyl groups is 1. The maximum absolute atomic E-state index is 11.6. The minimum absolute atomic E-state index is 0.209. The standard InChI is InChI=1S/C21H29NO3S/c1-20(2,3)15-9-14(10-16(19(15)25)21(4,5)6)11-18-17(12-23)22(13-24)7-8-26-18/h7-12,17,24-25H,13H2,1-6H3. The van der Waals surface area contributed by atoms with Crippen LogP contribution in [0.25, 0.3) is 6.08 Å². The fourth-order valence-electron chi connectivity index (χ4n) is 2.96. The summed E-state index contributed by atoms with van der Waals surface area (Å²) in [7, 11) is 0. The summed E-state index contributed by atoms with van der Waals surface area (Å²) in [4.78, 5) is 14.0. The second-order valence-corrected chi connectivity index (χ2v) is 9.63. The molecule has 0 saturated heterocycles. The SMILES string of the molecule is CC(C)(C)c1cc(C=C2SC=CN(CO)C2C=O)cc(C(C)(C)C)c1O. The van der Waals surface area contributed by atoms with E-state index in [-0.39, 0.29) is 17.6 Å². The maximum atomic E-state index is 11.6. The number of hydrogen-bond donors (Lipinski definition) is 2. The summed E-state index contributed by atoms with van der Waals surface area (Å²) in [6.07, 6.45) is 4.53. The molecule has 1 aliphatic rings. The topological polar surface area (TPSA) is 60.8 Å². The first kappa shape index (κ1) is 20.6. The monoisotopic (exact) mass is 375 g/mol. The molecule has 0 aromatic heterocycles. The smallest absolute Gasteiger partial charge is 0.147 e. The highest BCUT2D eigenvalue weighted by Gasteiger charge is 2.27. The normalized spacial score (nSPS) is 19.9. The second kappa shape index (κ2) is 7.49. The Balaban J connectivity index is 2.63. The molecule has 1 aliphatic heterocycles. The van der Waals surface area contributed by atoms with Gasteiger partial charge in [-0.2, -0.15) is 0 Å². The number of aliphatic hydroxyl groups is 1. The molecule has 2 rings (SSSR count). The minimum Gasteiger partial charge on any atom is -0.507 e. The molecule has 1 unspecified atom stereocenters. The van der Waals surface area contributed by atoms with Gasteiger partial charge in [0.2, 0.25) is 0 Å². The molecule has 1 atom stereocenters. The lowest BCUT2D eigenvalue weighted by Gasteiger charge is -2.30. The van der Waals surface area contributed by atoms with Crippen molar-refractivity contribution in [3.63, 3.8) is 0 Å². The van der Waals surface area contributed by atoms with Crippen molar-refractivity contribution >= 4 is 24.1 Å². The summed E-state index contributed by atoms with van der Waals surface area (Å²) in [5.41, 5.74) is 2.29. The lowest BCUT2D eigenvalue weighted by Crippen LogP contribution is -2.35. The van der Waals surface area contributed by atoms with Gasteiger partial charge in [-0.15, -0.1) is 0 Å². The van der Waals surface area contributed by atoms with Crippen molar-refractivity contribution in [2.24, 2.45) is 0 Å². The van der Waals surface area contributed by atoms with E-state index >= 15 is 0 Å². The average Bonchev–Trinajstić information content (AvgIpc) is 2.53. The number of thioether (sulfide) groups is 1. The number of hydrogen-bond acceptors (Lipinski definition) is 5. The van der Waals surface area contributed by atoms with Crippen molar-refractivity contribution in [3.8, 4) is 5.75 Å². The molecule has 0 bridgehead atoms. The molecule has 0 radical (unpaired) electrons. The summed E-state index contributed by atoms with van der Waals surface area (Å²) in [6.45, 7) is 12.2. The van der Waals surface area contributed by atoms with Crippen molar-refractivity contribution in [2.75, 3.05) is 6.73 Å². The molecule has 142 valence electrons. The largest absolute Gasteiger partial charge is 0.507 e. The predicted molar refractivity (Wildman–Crippen MR) is 109 cm³/mol. The van der Waals surface area contributed by atoms with Gasteiger partial charge in [0.15, 0.2) is 0 Å². The Morgan fingerprint density at radius 3 is 2.08 bits per heavy atom. The van der Waals surface area contributed by atoms with Gasteiger partial charge in [-0.1, -0.05) is 53.3 Å². The minimum atomic E-state index is -0.500. The maximum Gasteiger partial charge on any atom is 0.147 e. The van der Waals surface area contributed by atoms with Crippen LogP contribution >= 0.6 is 11.8 Å². The van der Waals surface area contributed by atoms with Crippen LogP contribution in [0.5, 0.6) is 5.75 Å². The number of nitrogens with zero attached hydrogens (tertiary/aromatic N) is 1. The average molecular weight is 376 g/mol. The first-order valence-electron chi connectivity index (χ1n) is 8.74. The van der Waals surface area contributed by atoms with Crippen LogP contribution in [0.3, 0.4) is 0 Å². The molecule has 0 aliphatic carbocycles. The molecule has 0 amide bonds. The van der Waals surface area contributed by atoms with Gasteiger partial charge in [0.25, 0.3) is 0 Å². The summed E-state index contributed by atoms with van der Waals surface area (Å²) >= 11 is 1.47. The first-order valence-corrected chi connectivity index (χ1v) is 9.62. The quantitative estimate of drug-likeness (QED) is 0.769. The van der Waals surface area contributed by atoms with E-state index in [0.29, 0.717) is 5.75 Å². The molecule has 0 saturated carbocycles. The lowest BCUT2D eigenvalue weighted by molar-refractivity contribution is -0.111. The Morgan fingerprint density at radius 1 is 1.12 bits per heavy atom. The lowest BCUT2D eigenvalue weighted by atomic mass is 9.78. The first-order chi connectivity index (χ1) is 12.0. The third-order valence-corrected chi connectivity index (χ3v) is 5.34. The fourth-order valence-corrected chi connectivity index (χ4v) is 3.87. The van der Waals surface area contributed by atoms with Crippen LogP contribution in [0, 0.1) is 0 Å². The molecule has 5 heteroatoms. The molecule has 1 aromatic carbocycles. The van der Waals surface area contributed by atoms with Crippen LogP contribution in [0.1, 0.15) is 58.2 Å². The van der Waals surface area contributed by atoms with Crippen LogP contribution in [0.2, 0.25) is 0 Å². The summed E-state index contributed by atoms with van der Waals surface area (Å²) in [5, 5.41) is 22.2. The third-order valence-electron chi connectivity index (χ3n) is 4.45. The number of benzene rings is 1. The summed E-state index contributed by atoms with van der Waals surface area (Å²) < 4.78 is 0. The highest BCUT2D eigenvalue weighted by atomic mass is 32.2. The molecule has 26 heavy (non-hydrogen) atoms. The zero-order valence-electron chi connectivity index (χ0n) is 16.4. The van der Waals surface area contributed by atoms with Gasteiger partial charge < -0.3 is 19.9 Å². The van der Waals surface area contributed by atoms with E-state index in [0.717, 1.165) is 27.9 Å². The molecular weight excluding hydrogens is 346 g/mol. The molecule has 2 N–H and O–H groups in total. The number of aliphatic hydroxyl groups excluding tert-OH is 1. The second-order valence-electron chi connectivity index (χ2n) is 8.65. The molecule has 0 fully saturated rings. The predicted octanol–water partition coefficient (Wildman–Crippen LogP) is 4.37. The Kier molecular flexibility index (Phi) is 5.93. The van der Waals surface area contributed by atoms with Gasteiger partial charge >= 0.3 is 0 Å². The van der Waals surface area contributed by atoms with Gasteiger partial charge in [-0.05, 0) is 40.0 Å². The Hall–Kier alpha value is -1.72. The van der Waals surface area contributed by atoms with Crippen LogP contribution in [0.15, 0.2) is 28.6 Å². The number of phenolic OH excluding ortho intramolecular Hbond substituents is 1. The highest BCUT2D eigenvalue weighted by molar-refractivity contribution is 8.06. The fraction of sp³-hybridized carbons (Fsp3) is 0.476. The van der Waals surface area contributed by atoms with Gasteiger partial charge in [-0.25, -0.2) is 0 Å². The summed E-state index contributed by atoms with van der Waals surface area (Å²) in [6, 6.07) is 3.48. The van der Waals surface area contributed by atoms with Crippen molar-refractivity contribution in [1.29, 1.82) is 0 Å². The van der Waals surface area contributed by atoms with Gasteiger partial charge in [0.1, 0.15) is 24.8 Å². The molecular formula is C21H29NO3S. The van der Waals surface area contributed by atoms with Crippen LogP contribution in [-0.4, -0.2) is 34.2 Å². The van der Waals surface area contributed by atoms with E-state index in [1.54, 1.807) is 11.1 Å². The zero-order valence-corrected chi connectivity index (χ0v) is 17.2. The van der Waals surface area contributed by atoms with Crippen LogP contribution < -0.4 is 0 Å². The zero-order chi connectivity index (χ0) is 19.7. The van der Waals surface area contributed by atoms with Gasteiger partial charge in [-0.3, -0.25) is 0 Å². The third kappa shape index (κ3) is 4.33. The number of aldehydes is 1. The number of phenols is 1. The van der Waals surface area contributed by atoms with Gasteiger partial charge in [0, 0.05) is 22.2 Å². The number of rotatable bonds is 3. The number of carbonyl (C=O) groups is 1. The molecule has 1 heterocycles. The van der Waals surface area contributed by atoms with Crippen molar-refractivity contribution in [1.82, 2.24) is 4.90 Å². The Bertz CT molecular complexity index is 704. The highest BCUT2D eigenvalue weighted by Crippen LogP contribution is 2.41. The number of carbonyl (C=O) groups excluding carboxylic acids is 1. The van der Waals surface area contributed by atoms with Gasteiger partial charge in [0.05, 0.1) is 0 Å². The molecule has 0 spiro atoms. The summed E-state index contributed by atoms with van der Waals surface area (Å²) in [5.74, 6) is 0.340. The molecule has 4 nitrogen and oxygen atoms in total. The van der Waals surface area contributed by atoms with Crippen molar-refractivity contribution in [3.05, 3.63) is 45.3 Å². The van der Waals surface area contributed by atoms with Crippen molar-refractivity contribution < 1.29 is 15.0 Å².